The molecule has 0 saturated heterocycles. The summed E-state index contributed by atoms with van der Waals surface area (Å²) in [5.74, 6) is -0.237. The predicted octanol–water partition coefficient (Wildman–Crippen LogP) is 2.44. The van der Waals surface area contributed by atoms with Crippen LogP contribution in [0.1, 0.15) is 12.8 Å². The molecule has 1 aliphatic rings. The summed E-state index contributed by atoms with van der Waals surface area (Å²) < 4.78 is 0. The van der Waals surface area contributed by atoms with E-state index in [9.17, 15) is 4.79 Å². The Morgan fingerprint density at radius 1 is 1.33 bits per heavy atom. The van der Waals surface area contributed by atoms with E-state index in [2.05, 4.69) is 16.7 Å². The van der Waals surface area contributed by atoms with Crippen molar-refractivity contribution >= 4 is 23.2 Å². The molecule has 4 nitrogen and oxygen atoms in total. The van der Waals surface area contributed by atoms with Gasteiger partial charge in [-0.15, -0.1) is 0 Å². The molecule has 0 aliphatic carbocycles. The maximum atomic E-state index is 11.8. The molecular formula is C13H12ClN3O. The van der Waals surface area contributed by atoms with Gasteiger partial charge in [-0.25, -0.2) is 0 Å². The average molecular weight is 262 g/mol. The highest BCUT2D eigenvalue weighted by atomic mass is 35.5. The Morgan fingerprint density at radius 3 is 2.72 bits per heavy atom. The maximum absolute atomic E-state index is 11.8. The number of benzene rings is 1. The van der Waals surface area contributed by atoms with Crippen LogP contribution in [-0.2, 0) is 4.79 Å². The van der Waals surface area contributed by atoms with Crippen LogP contribution in [0, 0.1) is 11.3 Å². The number of nitriles is 1. The van der Waals surface area contributed by atoms with Gasteiger partial charge in [0, 0.05) is 17.3 Å². The number of rotatable bonds is 2. The van der Waals surface area contributed by atoms with Gasteiger partial charge in [0.05, 0.1) is 11.6 Å². The zero-order chi connectivity index (χ0) is 13.0. The number of carbonyl (C=O) groups is 1. The lowest BCUT2D eigenvalue weighted by Gasteiger charge is -2.10. The van der Waals surface area contributed by atoms with Crippen molar-refractivity contribution in [3.05, 3.63) is 40.6 Å². The van der Waals surface area contributed by atoms with Gasteiger partial charge in [0.15, 0.2) is 0 Å². The van der Waals surface area contributed by atoms with Gasteiger partial charge in [-0.05, 0) is 37.1 Å². The third-order valence-electron chi connectivity index (χ3n) is 2.67. The molecule has 0 radical (unpaired) electrons. The quantitative estimate of drug-likeness (QED) is 0.859. The molecule has 18 heavy (non-hydrogen) atoms. The van der Waals surface area contributed by atoms with Gasteiger partial charge in [0.1, 0.15) is 5.70 Å². The Balaban J connectivity index is 2.28. The predicted molar refractivity (Wildman–Crippen MR) is 70.0 cm³/mol. The van der Waals surface area contributed by atoms with Crippen molar-refractivity contribution in [2.24, 2.45) is 0 Å². The van der Waals surface area contributed by atoms with Crippen LogP contribution in [0.2, 0.25) is 5.02 Å². The van der Waals surface area contributed by atoms with Crippen LogP contribution in [0.15, 0.2) is 35.5 Å². The zero-order valence-corrected chi connectivity index (χ0v) is 10.4. The average Bonchev–Trinajstić information content (AvgIpc) is 2.55. The van der Waals surface area contributed by atoms with Crippen LogP contribution in [0.25, 0.3) is 0 Å². The molecule has 92 valence electrons. The minimum atomic E-state index is -0.237. The SMILES string of the molecule is N#CC1=C(Nc2ccc(Cl)cc2)C(=O)NCCC1. The molecule has 1 amide bonds. The molecule has 5 heteroatoms. The molecule has 2 rings (SSSR count). The number of allylic oxidation sites excluding steroid dienone is 1. The second-order valence-corrected chi connectivity index (χ2v) is 4.39. The van der Waals surface area contributed by atoms with Crippen LogP contribution in [0.3, 0.4) is 0 Å². The first-order valence-corrected chi connectivity index (χ1v) is 6.02. The van der Waals surface area contributed by atoms with E-state index in [1.54, 1.807) is 24.3 Å². The number of nitrogens with one attached hydrogen (secondary N) is 2. The number of nitrogens with zero attached hydrogens (tertiary/aromatic N) is 1. The fraction of sp³-hybridized carbons (Fsp3) is 0.231. The van der Waals surface area contributed by atoms with Gasteiger partial charge in [0.2, 0.25) is 0 Å². The maximum Gasteiger partial charge on any atom is 0.268 e. The topological polar surface area (TPSA) is 64.9 Å². The molecule has 0 bridgehead atoms. The van der Waals surface area contributed by atoms with E-state index < -0.39 is 0 Å². The highest BCUT2D eigenvalue weighted by molar-refractivity contribution is 6.30. The summed E-state index contributed by atoms with van der Waals surface area (Å²) in [6.07, 6.45) is 1.38. The Kier molecular flexibility index (Phi) is 3.85. The molecule has 1 aromatic rings. The van der Waals surface area contributed by atoms with Crippen LogP contribution < -0.4 is 10.6 Å². The van der Waals surface area contributed by atoms with E-state index in [-0.39, 0.29) is 5.91 Å². The second-order valence-electron chi connectivity index (χ2n) is 3.96. The molecule has 1 aliphatic heterocycles. The zero-order valence-electron chi connectivity index (χ0n) is 9.66. The fourth-order valence-corrected chi connectivity index (χ4v) is 1.87. The Morgan fingerprint density at radius 2 is 2.06 bits per heavy atom. The van der Waals surface area contributed by atoms with Crippen molar-refractivity contribution in [3.63, 3.8) is 0 Å². The molecular weight excluding hydrogens is 250 g/mol. The third-order valence-corrected chi connectivity index (χ3v) is 2.92. The van der Waals surface area contributed by atoms with E-state index in [0.717, 1.165) is 12.1 Å². The fourth-order valence-electron chi connectivity index (χ4n) is 1.74. The molecule has 1 aromatic carbocycles. The lowest BCUT2D eigenvalue weighted by Crippen LogP contribution is -2.27. The van der Waals surface area contributed by atoms with Gasteiger partial charge in [-0.3, -0.25) is 4.79 Å². The lowest BCUT2D eigenvalue weighted by atomic mass is 10.1. The lowest BCUT2D eigenvalue weighted by molar-refractivity contribution is -0.117. The molecule has 0 spiro atoms. The van der Waals surface area contributed by atoms with Crippen molar-refractivity contribution in [2.45, 2.75) is 12.8 Å². The van der Waals surface area contributed by atoms with Crippen LogP contribution in [0.5, 0.6) is 0 Å². The Hall–Kier alpha value is -1.99. The normalized spacial score (nSPS) is 15.7. The van der Waals surface area contributed by atoms with Crippen molar-refractivity contribution in [1.29, 1.82) is 5.26 Å². The van der Waals surface area contributed by atoms with Gasteiger partial charge >= 0.3 is 0 Å². The minimum absolute atomic E-state index is 0.237. The van der Waals surface area contributed by atoms with Gasteiger partial charge in [0.25, 0.3) is 5.91 Å². The van der Waals surface area contributed by atoms with E-state index >= 15 is 0 Å². The largest absolute Gasteiger partial charge is 0.351 e. The van der Waals surface area contributed by atoms with E-state index in [0.29, 0.717) is 29.3 Å². The van der Waals surface area contributed by atoms with Gasteiger partial charge in [-0.2, -0.15) is 5.26 Å². The Labute approximate surface area is 110 Å². The molecule has 2 N–H and O–H groups in total. The van der Waals surface area contributed by atoms with Crippen molar-refractivity contribution < 1.29 is 4.79 Å². The molecule has 0 unspecified atom stereocenters. The summed E-state index contributed by atoms with van der Waals surface area (Å²) in [6, 6.07) is 9.07. The monoisotopic (exact) mass is 261 g/mol. The van der Waals surface area contributed by atoms with Gasteiger partial charge in [-0.1, -0.05) is 11.6 Å². The summed E-state index contributed by atoms with van der Waals surface area (Å²) in [4.78, 5) is 11.8. The van der Waals surface area contributed by atoms with Crippen LogP contribution >= 0.6 is 11.6 Å². The first-order valence-electron chi connectivity index (χ1n) is 5.65. The second kappa shape index (κ2) is 5.56. The van der Waals surface area contributed by atoms with Crippen molar-refractivity contribution in [1.82, 2.24) is 5.32 Å². The summed E-state index contributed by atoms with van der Waals surface area (Å²) in [6.45, 7) is 0.593. The van der Waals surface area contributed by atoms with Crippen LogP contribution in [0.4, 0.5) is 5.69 Å². The highest BCUT2D eigenvalue weighted by Crippen LogP contribution is 2.19. The number of amides is 1. The molecule has 0 fully saturated rings. The number of halogens is 1. The van der Waals surface area contributed by atoms with Gasteiger partial charge < -0.3 is 10.6 Å². The van der Waals surface area contributed by atoms with E-state index in [4.69, 9.17) is 16.9 Å². The standard InChI is InChI=1S/C13H12ClN3O/c14-10-3-5-11(6-4-10)17-12-9(8-15)2-1-7-16-13(12)18/h3-6,17H,1-2,7H2,(H,16,18). The Bertz CT molecular complexity index is 528. The minimum Gasteiger partial charge on any atom is -0.351 e. The highest BCUT2D eigenvalue weighted by Gasteiger charge is 2.18. The third kappa shape index (κ3) is 2.82. The molecule has 0 atom stereocenters. The summed E-state index contributed by atoms with van der Waals surface area (Å²) in [5, 5.41) is 15.4. The summed E-state index contributed by atoms with van der Waals surface area (Å²) in [5.41, 5.74) is 1.55. The number of hydrogen-bond donors (Lipinski definition) is 2. The first-order chi connectivity index (χ1) is 8.70. The smallest absolute Gasteiger partial charge is 0.268 e. The molecule has 0 aromatic heterocycles. The van der Waals surface area contributed by atoms with E-state index in [1.165, 1.54) is 0 Å². The molecule has 0 saturated carbocycles. The van der Waals surface area contributed by atoms with Crippen LogP contribution in [-0.4, -0.2) is 12.5 Å². The van der Waals surface area contributed by atoms with Crippen molar-refractivity contribution in [2.75, 3.05) is 11.9 Å². The van der Waals surface area contributed by atoms with E-state index in [1.807, 2.05) is 0 Å². The first kappa shape index (κ1) is 12.5. The van der Waals surface area contributed by atoms with Crippen molar-refractivity contribution in [3.8, 4) is 6.07 Å². The number of carbonyl (C=O) groups excluding carboxylic acids is 1. The summed E-state index contributed by atoms with van der Waals surface area (Å²) >= 11 is 5.79. The number of anilines is 1. The summed E-state index contributed by atoms with van der Waals surface area (Å²) in [7, 11) is 0. The number of hydrogen-bond acceptors (Lipinski definition) is 3. The molecule has 1 heterocycles.